The molecule has 4 atom stereocenters. The van der Waals surface area contributed by atoms with Gasteiger partial charge < -0.3 is 40.9 Å². The van der Waals surface area contributed by atoms with Crippen LogP contribution in [0.15, 0.2) is 0 Å². The highest BCUT2D eigenvalue weighted by molar-refractivity contribution is 5.84. The highest BCUT2D eigenvalue weighted by Crippen LogP contribution is 1.93. The van der Waals surface area contributed by atoms with Gasteiger partial charge in [-0.15, -0.1) is 0 Å². The lowest BCUT2D eigenvalue weighted by Crippen LogP contribution is -2.37. The number of rotatable bonds is 8. The third-order valence-electron chi connectivity index (χ3n) is 2.07. The first-order valence-corrected chi connectivity index (χ1v) is 5.47. The van der Waals surface area contributed by atoms with Crippen molar-refractivity contribution in [3.8, 4) is 0 Å². The minimum absolute atomic E-state index is 0.701. The maximum atomic E-state index is 10.3. The fourth-order valence-corrected chi connectivity index (χ4v) is 0.816. The van der Waals surface area contributed by atoms with Gasteiger partial charge in [0.25, 0.3) is 0 Å². The summed E-state index contributed by atoms with van der Waals surface area (Å²) in [6.45, 7) is -3.07. The molecule has 10 heteroatoms. The molecule has 20 heavy (non-hydrogen) atoms. The largest absolute Gasteiger partial charge is 0.394 e. The van der Waals surface area contributed by atoms with Gasteiger partial charge in [-0.1, -0.05) is 0 Å². The third kappa shape index (κ3) is 8.24. The molecule has 0 unspecified atom stereocenters. The minimum Gasteiger partial charge on any atom is -0.394 e. The summed E-state index contributed by atoms with van der Waals surface area (Å²) in [6, 6.07) is 0. The van der Waals surface area contributed by atoms with Crippen molar-refractivity contribution < 1.29 is 50.4 Å². The smallest absolute Gasteiger partial charge is 0.189 e. The van der Waals surface area contributed by atoms with Crippen LogP contribution in [0, 0.1) is 0 Å². The van der Waals surface area contributed by atoms with Crippen molar-refractivity contribution in [1.29, 1.82) is 0 Å². The van der Waals surface area contributed by atoms with E-state index in [9.17, 15) is 9.59 Å². The third-order valence-corrected chi connectivity index (χ3v) is 2.07. The Morgan fingerprint density at radius 3 is 1.05 bits per heavy atom. The second-order valence-corrected chi connectivity index (χ2v) is 3.64. The van der Waals surface area contributed by atoms with Gasteiger partial charge in [0.2, 0.25) is 0 Å². The predicted octanol–water partition coefficient (Wildman–Crippen LogP) is -5.48. The van der Waals surface area contributed by atoms with E-state index in [1.165, 1.54) is 0 Å². The van der Waals surface area contributed by atoms with Crippen molar-refractivity contribution in [2.75, 3.05) is 26.4 Å². The van der Waals surface area contributed by atoms with E-state index >= 15 is 0 Å². The van der Waals surface area contributed by atoms with Crippen molar-refractivity contribution in [3.63, 3.8) is 0 Å². The van der Waals surface area contributed by atoms with Crippen molar-refractivity contribution in [1.82, 2.24) is 0 Å². The first kappa shape index (κ1) is 21.3. The molecule has 0 saturated carbocycles. The molecule has 0 rings (SSSR count). The van der Waals surface area contributed by atoms with E-state index in [4.69, 9.17) is 40.9 Å². The van der Waals surface area contributed by atoms with Gasteiger partial charge in [-0.05, 0) is 0 Å². The maximum Gasteiger partial charge on any atom is 0.189 e. The molecule has 0 aromatic heterocycles. The summed E-state index contributed by atoms with van der Waals surface area (Å²) < 4.78 is 0. The second kappa shape index (κ2) is 11.8. The topological polar surface area (TPSA) is 196 Å². The van der Waals surface area contributed by atoms with E-state index in [2.05, 4.69) is 0 Å². The Hall–Kier alpha value is -0.980. The van der Waals surface area contributed by atoms with Gasteiger partial charge >= 0.3 is 0 Å². The Bertz CT molecular complexity index is 253. The van der Waals surface area contributed by atoms with Crippen LogP contribution in [0.4, 0.5) is 0 Å². The van der Waals surface area contributed by atoms with Crippen molar-refractivity contribution in [2.45, 2.75) is 24.4 Å². The Labute approximate surface area is 114 Å². The number of ketones is 2. The summed E-state index contributed by atoms with van der Waals surface area (Å²) in [5.74, 6) is -1.80. The van der Waals surface area contributed by atoms with Crippen LogP contribution in [0.25, 0.3) is 0 Å². The fraction of sp³-hybridized carbons (Fsp3) is 0.800. The van der Waals surface area contributed by atoms with Gasteiger partial charge in [0.1, 0.15) is 37.6 Å². The van der Waals surface area contributed by atoms with Crippen LogP contribution in [-0.2, 0) is 9.59 Å². The lowest BCUT2D eigenvalue weighted by Gasteiger charge is -2.11. The van der Waals surface area contributed by atoms with E-state index in [0.29, 0.717) is 0 Å². The summed E-state index contributed by atoms with van der Waals surface area (Å²) in [4.78, 5) is 20.7. The molecule has 0 aromatic rings. The summed E-state index contributed by atoms with van der Waals surface area (Å²) >= 11 is 0. The molecule has 0 aliphatic rings. The van der Waals surface area contributed by atoms with Crippen LogP contribution >= 0.6 is 0 Å². The van der Waals surface area contributed by atoms with Crippen LogP contribution in [0.3, 0.4) is 0 Å². The molecular formula is C10H20O10. The fourth-order valence-electron chi connectivity index (χ4n) is 0.816. The molecule has 0 spiro atoms. The van der Waals surface area contributed by atoms with Gasteiger partial charge in [0.15, 0.2) is 11.6 Å². The van der Waals surface area contributed by atoms with Crippen molar-refractivity contribution in [2.24, 2.45) is 0 Å². The van der Waals surface area contributed by atoms with E-state index in [1.54, 1.807) is 0 Å². The molecular weight excluding hydrogens is 280 g/mol. The number of carbonyl (C=O) groups excluding carboxylic acids is 2. The van der Waals surface area contributed by atoms with Gasteiger partial charge in [0, 0.05) is 0 Å². The summed E-state index contributed by atoms with van der Waals surface area (Å²) in [7, 11) is 0. The molecule has 0 aliphatic carbocycles. The Morgan fingerprint density at radius 1 is 0.650 bits per heavy atom. The summed E-state index contributed by atoms with van der Waals surface area (Å²) in [6.07, 6.45) is -6.37. The van der Waals surface area contributed by atoms with E-state index in [-0.39, 0.29) is 0 Å². The predicted molar refractivity (Wildman–Crippen MR) is 62.4 cm³/mol. The minimum atomic E-state index is -1.69. The van der Waals surface area contributed by atoms with Crippen molar-refractivity contribution in [3.05, 3.63) is 0 Å². The number of carbonyl (C=O) groups is 2. The van der Waals surface area contributed by atoms with Crippen LogP contribution in [0.1, 0.15) is 0 Å². The monoisotopic (exact) mass is 300 g/mol. The van der Waals surface area contributed by atoms with E-state index < -0.39 is 62.4 Å². The maximum absolute atomic E-state index is 10.3. The zero-order valence-electron chi connectivity index (χ0n) is 10.5. The normalized spacial score (nSPS) is 16.4. The molecule has 10 nitrogen and oxygen atoms in total. The number of hydrogen-bond acceptors (Lipinski definition) is 10. The van der Waals surface area contributed by atoms with Gasteiger partial charge in [-0.25, -0.2) is 0 Å². The highest BCUT2D eigenvalue weighted by atomic mass is 16.4. The van der Waals surface area contributed by atoms with Crippen molar-refractivity contribution >= 4 is 11.6 Å². The van der Waals surface area contributed by atoms with Gasteiger partial charge in [0.05, 0.1) is 13.2 Å². The average molecular weight is 300 g/mol. The first-order chi connectivity index (χ1) is 9.26. The molecule has 0 bridgehead atoms. The molecule has 0 heterocycles. The van der Waals surface area contributed by atoms with Crippen LogP contribution < -0.4 is 0 Å². The highest BCUT2D eigenvalue weighted by Gasteiger charge is 2.22. The molecule has 0 radical (unpaired) electrons. The Kier molecular flexibility index (Phi) is 12.6. The second-order valence-electron chi connectivity index (χ2n) is 3.64. The average Bonchev–Trinajstić information content (AvgIpc) is 2.50. The zero-order chi connectivity index (χ0) is 16.3. The quantitative estimate of drug-likeness (QED) is 0.214. The molecule has 0 aromatic carbocycles. The molecule has 0 fully saturated rings. The van der Waals surface area contributed by atoms with Crippen LogP contribution in [0.5, 0.6) is 0 Å². The lowest BCUT2D eigenvalue weighted by molar-refractivity contribution is -0.137. The zero-order valence-corrected chi connectivity index (χ0v) is 10.5. The Balaban J connectivity index is 0. The van der Waals surface area contributed by atoms with Gasteiger partial charge in [-0.2, -0.15) is 0 Å². The summed E-state index contributed by atoms with van der Waals surface area (Å²) in [5, 5.41) is 67.2. The SMILES string of the molecule is O=C(CO)[C@@H](O)[C@H](O)CO.O=C(CO)[C@@H](O)[C@H](O)CO. The van der Waals surface area contributed by atoms with E-state index in [1.807, 2.05) is 0 Å². The number of aliphatic hydroxyl groups is 8. The first-order valence-electron chi connectivity index (χ1n) is 5.47. The lowest BCUT2D eigenvalue weighted by atomic mass is 10.1. The van der Waals surface area contributed by atoms with Crippen LogP contribution in [-0.4, -0.2) is 103 Å². The standard InChI is InChI=1S/2C5H10O5/c2*6-1-3(8)5(10)4(9)2-7/h2*3,5-8,10H,1-2H2/t2*3-,5+/m11/s1. The summed E-state index contributed by atoms with van der Waals surface area (Å²) in [5.41, 5.74) is 0. The molecule has 0 amide bonds. The molecule has 120 valence electrons. The molecule has 8 N–H and O–H groups in total. The number of aliphatic hydroxyl groups excluding tert-OH is 8. The number of hydrogen-bond donors (Lipinski definition) is 8. The molecule has 0 aliphatic heterocycles. The van der Waals surface area contributed by atoms with Crippen LogP contribution in [0.2, 0.25) is 0 Å². The van der Waals surface area contributed by atoms with Gasteiger partial charge in [-0.3, -0.25) is 9.59 Å². The Morgan fingerprint density at radius 2 is 0.900 bits per heavy atom. The van der Waals surface area contributed by atoms with E-state index in [0.717, 1.165) is 0 Å². The number of Topliss-reactive ketones (excluding diaryl/α,β-unsaturated/α-hetero) is 2. The molecule has 0 saturated heterocycles.